The van der Waals surface area contributed by atoms with E-state index in [1.807, 2.05) is 0 Å². The molecule has 0 radical (unpaired) electrons. The van der Waals surface area contributed by atoms with Gasteiger partial charge in [-0.2, -0.15) is 0 Å². The van der Waals surface area contributed by atoms with Gasteiger partial charge in [0.1, 0.15) is 5.82 Å². The Morgan fingerprint density at radius 2 is 1.96 bits per heavy atom. The van der Waals surface area contributed by atoms with Crippen molar-refractivity contribution < 1.29 is 13.9 Å². The summed E-state index contributed by atoms with van der Waals surface area (Å²) in [5.74, 6) is 0.191. The van der Waals surface area contributed by atoms with Gasteiger partial charge in [-0.05, 0) is 56.6 Å². The second-order valence-corrected chi connectivity index (χ2v) is 6.79. The first-order chi connectivity index (χ1) is 11.6. The summed E-state index contributed by atoms with van der Waals surface area (Å²) in [6, 6.07) is 6.25. The SMILES string of the molecule is CN1CCC(COC(=O)N2CCNCC2c2ccc(F)cc2)CC1. The summed E-state index contributed by atoms with van der Waals surface area (Å²) in [5, 5.41) is 3.29. The van der Waals surface area contributed by atoms with E-state index in [0.717, 1.165) is 38.0 Å². The van der Waals surface area contributed by atoms with E-state index in [-0.39, 0.29) is 18.0 Å². The van der Waals surface area contributed by atoms with Crippen LogP contribution in [-0.4, -0.2) is 62.3 Å². The Balaban J connectivity index is 1.58. The highest BCUT2D eigenvalue weighted by Crippen LogP contribution is 2.24. The predicted octanol–water partition coefficient (Wildman–Crippen LogP) is 2.25. The summed E-state index contributed by atoms with van der Waals surface area (Å²) in [7, 11) is 2.12. The van der Waals surface area contributed by atoms with Crippen LogP contribution >= 0.6 is 0 Å². The first-order valence-corrected chi connectivity index (χ1v) is 8.71. The number of piperidine rings is 1. The maximum absolute atomic E-state index is 13.1. The van der Waals surface area contributed by atoms with Gasteiger partial charge in [0.15, 0.2) is 0 Å². The molecule has 24 heavy (non-hydrogen) atoms. The van der Waals surface area contributed by atoms with E-state index in [1.165, 1.54) is 12.1 Å². The number of hydrogen-bond donors (Lipinski definition) is 1. The standard InChI is InChI=1S/C18H26FN3O2/c1-21-9-6-14(7-10-21)13-24-18(23)22-11-8-20-12-17(22)15-2-4-16(19)5-3-15/h2-5,14,17,20H,6-13H2,1H3. The maximum Gasteiger partial charge on any atom is 0.410 e. The molecule has 1 amide bonds. The van der Waals surface area contributed by atoms with E-state index in [0.29, 0.717) is 25.6 Å². The Labute approximate surface area is 142 Å². The molecule has 1 aromatic carbocycles. The number of ether oxygens (including phenoxy) is 1. The van der Waals surface area contributed by atoms with Gasteiger partial charge in [-0.25, -0.2) is 9.18 Å². The third-order valence-electron chi connectivity index (χ3n) is 5.01. The Kier molecular flexibility index (Phi) is 5.68. The number of nitrogens with zero attached hydrogens (tertiary/aromatic N) is 2. The number of piperazine rings is 1. The van der Waals surface area contributed by atoms with Gasteiger partial charge in [0.25, 0.3) is 0 Å². The molecule has 5 nitrogen and oxygen atoms in total. The van der Waals surface area contributed by atoms with Gasteiger partial charge in [0.05, 0.1) is 12.6 Å². The van der Waals surface area contributed by atoms with E-state index in [9.17, 15) is 9.18 Å². The summed E-state index contributed by atoms with van der Waals surface area (Å²) in [5.41, 5.74) is 0.930. The maximum atomic E-state index is 13.1. The fraction of sp³-hybridized carbons (Fsp3) is 0.611. The molecule has 2 fully saturated rings. The average Bonchev–Trinajstić information content (AvgIpc) is 2.62. The summed E-state index contributed by atoms with van der Waals surface area (Å²) < 4.78 is 18.7. The highest BCUT2D eigenvalue weighted by atomic mass is 19.1. The molecule has 2 aliphatic heterocycles. The minimum Gasteiger partial charge on any atom is -0.449 e. The molecule has 0 bridgehead atoms. The Morgan fingerprint density at radius 1 is 1.25 bits per heavy atom. The zero-order chi connectivity index (χ0) is 16.9. The smallest absolute Gasteiger partial charge is 0.410 e. The van der Waals surface area contributed by atoms with Crippen LogP contribution in [0.25, 0.3) is 0 Å². The number of likely N-dealkylation sites (tertiary alicyclic amines) is 1. The summed E-state index contributed by atoms with van der Waals surface area (Å²) >= 11 is 0. The molecular weight excluding hydrogens is 309 g/mol. The molecule has 1 atom stereocenters. The minimum absolute atomic E-state index is 0.107. The van der Waals surface area contributed by atoms with Crippen LogP contribution in [0.5, 0.6) is 0 Å². The lowest BCUT2D eigenvalue weighted by atomic mass is 9.98. The van der Waals surface area contributed by atoms with Crippen molar-refractivity contribution in [3.05, 3.63) is 35.6 Å². The molecule has 0 aromatic heterocycles. The predicted molar refractivity (Wildman–Crippen MR) is 90.3 cm³/mol. The zero-order valence-electron chi connectivity index (χ0n) is 14.2. The van der Waals surface area contributed by atoms with Gasteiger partial charge in [-0.3, -0.25) is 4.90 Å². The summed E-state index contributed by atoms with van der Waals surface area (Å²) in [6.07, 6.45) is 1.89. The number of carbonyl (C=O) groups is 1. The van der Waals surface area contributed by atoms with Gasteiger partial charge in [-0.15, -0.1) is 0 Å². The van der Waals surface area contributed by atoms with E-state index >= 15 is 0 Å². The van der Waals surface area contributed by atoms with Crippen LogP contribution in [0, 0.1) is 11.7 Å². The van der Waals surface area contributed by atoms with Gasteiger partial charge < -0.3 is 15.0 Å². The van der Waals surface area contributed by atoms with Crippen molar-refractivity contribution in [3.8, 4) is 0 Å². The summed E-state index contributed by atoms with van der Waals surface area (Å²) in [6.45, 7) is 4.64. The molecule has 2 saturated heterocycles. The quantitative estimate of drug-likeness (QED) is 0.920. The second kappa shape index (κ2) is 7.94. The zero-order valence-corrected chi connectivity index (χ0v) is 14.2. The van der Waals surface area contributed by atoms with Crippen molar-refractivity contribution in [3.63, 3.8) is 0 Å². The monoisotopic (exact) mass is 335 g/mol. The third kappa shape index (κ3) is 4.24. The first-order valence-electron chi connectivity index (χ1n) is 8.71. The Morgan fingerprint density at radius 3 is 2.67 bits per heavy atom. The second-order valence-electron chi connectivity index (χ2n) is 6.79. The molecule has 0 aliphatic carbocycles. The Bertz CT molecular complexity index is 544. The van der Waals surface area contributed by atoms with E-state index in [4.69, 9.17) is 4.74 Å². The van der Waals surface area contributed by atoms with Crippen LogP contribution in [0.1, 0.15) is 24.4 Å². The van der Waals surface area contributed by atoms with E-state index in [2.05, 4.69) is 17.3 Å². The largest absolute Gasteiger partial charge is 0.449 e. The van der Waals surface area contributed by atoms with E-state index < -0.39 is 0 Å². The van der Waals surface area contributed by atoms with Gasteiger partial charge in [0, 0.05) is 19.6 Å². The minimum atomic E-state index is -0.265. The van der Waals surface area contributed by atoms with Crippen molar-refractivity contribution >= 4 is 6.09 Å². The van der Waals surface area contributed by atoms with Crippen LogP contribution in [0.2, 0.25) is 0 Å². The molecule has 1 aromatic rings. The molecule has 3 rings (SSSR count). The van der Waals surface area contributed by atoms with Crippen molar-refractivity contribution in [2.24, 2.45) is 5.92 Å². The van der Waals surface area contributed by atoms with Crippen molar-refractivity contribution in [1.29, 1.82) is 0 Å². The molecule has 0 spiro atoms. The van der Waals surface area contributed by atoms with Crippen LogP contribution in [0.15, 0.2) is 24.3 Å². The number of nitrogens with one attached hydrogen (secondary N) is 1. The van der Waals surface area contributed by atoms with Crippen LogP contribution in [0.4, 0.5) is 9.18 Å². The number of benzene rings is 1. The van der Waals surface area contributed by atoms with Crippen molar-refractivity contribution in [1.82, 2.24) is 15.1 Å². The number of rotatable bonds is 3. The average molecular weight is 335 g/mol. The summed E-state index contributed by atoms with van der Waals surface area (Å²) in [4.78, 5) is 16.6. The van der Waals surface area contributed by atoms with Crippen LogP contribution in [-0.2, 0) is 4.74 Å². The molecule has 6 heteroatoms. The lowest BCUT2D eigenvalue weighted by Gasteiger charge is -2.36. The molecule has 132 valence electrons. The molecule has 1 unspecified atom stereocenters. The van der Waals surface area contributed by atoms with Crippen LogP contribution in [0.3, 0.4) is 0 Å². The number of halogens is 1. The fourth-order valence-corrected chi connectivity index (χ4v) is 3.41. The third-order valence-corrected chi connectivity index (χ3v) is 5.01. The first kappa shape index (κ1) is 17.2. The topological polar surface area (TPSA) is 44.8 Å². The molecule has 1 N–H and O–H groups in total. The highest BCUT2D eigenvalue weighted by Gasteiger charge is 2.29. The number of amides is 1. The Hall–Kier alpha value is -1.66. The molecular formula is C18H26FN3O2. The normalized spacial score (nSPS) is 23.2. The lowest BCUT2D eigenvalue weighted by Crippen LogP contribution is -2.49. The van der Waals surface area contributed by atoms with Gasteiger partial charge >= 0.3 is 6.09 Å². The van der Waals surface area contributed by atoms with E-state index in [1.54, 1.807) is 17.0 Å². The molecule has 2 aliphatic rings. The van der Waals surface area contributed by atoms with Crippen molar-refractivity contribution in [2.75, 3.05) is 46.4 Å². The van der Waals surface area contributed by atoms with Crippen LogP contribution < -0.4 is 5.32 Å². The molecule has 0 saturated carbocycles. The van der Waals surface area contributed by atoms with Crippen molar-refractivity contribution in [2.45, 2.75) is 18.9 Å². The lowest BCUT2D eigenvalue weighted by molar-refractivity contribution is 0.0553. The molecule has 2 heterocycles. The highest BCUT2D eigenvalue weighted by molar-refractivity contribution is 5.68. The van der Waals surface area contributed by atoms with Gasteiger partial charge in [-0.1, -0.05) is 12.1 Å². The van der Waals surface area contributed by atoms with Gasteiger partial charge in [0.2, 0.25) is 0 Å². The number of carbonyl (C=O) groups excluding carboxylic acids is 1. The fourth-order valence-electron chi connectivity index (χ4n) is 3.41. The number of hydrogen-bond acceptors (Lipinski definition) is 4.